The SMILES string of the molecule is CCN1c2ccc(Cl)cc2C(c2ccccc2)=C(C(=O)Nc2ccc(C)cc2C)S1(=O)=O. The highest BCUT2D eigenvalue weighted by molar-refractivity contribution is 7.97. The minimum atomic E-state index is -4.12. The van der Waals surface area contributed by atoms with Gasteiger partial charge in [-0.3, -0.25) is 9.10 Å². The van der Waals surface area contributed by atoms with Gasteiger partial charge in [0.1, 0.15) is 0 Å². The highest BCUT2D eigenvalue weighted by Gasteiger charge is 2.40. The summed E-state index contributed by atoms with van der Waals surface area (Å²) in [5, 5.41) is 3.28. The van der Waals surface area contributed by atoms with Crippen LogP contribution >= 0.6 is 11.6 Å². The number of hydrogen-bond donors (Lipinski definition) is 1. The Morgan fingerprint density at radius 3 is 2.38 bits per heavy atom. The van der Waals surface area contributed by atoms with Crippen molar-refractivity contribution < 1.29 is 13.2 Å². The second-order valence-electron chi connectivity index (χ2n) is 7.67. The number of carbonyl (C=O) groups excluding carboxylic acids is 1. The van der Waals surface area contributed by atoms with E-state index in [1.807, 2.05) is 44.2 Å². The summed E-state index contributed by atoms with van der Waals surface area (Å²) in [6.07, 6.45) is 0. The standard InChI is InChI=1S/C25H23ClN2O3S/c1-4-28-22-13-11-19(26)15-20(22)23(18-8-6-5-7-9-18)24(32(28,30)31)25(29)27-21-12-10-16(2)14-17(21)3/h5-15H,4H2,1-3H3,(H,27,29). The molecule has 1 amide bonds. The molecular formula is C25H23ClN2O3S. The van der Waals surface area contributed by atoms with E-state index >= 15 is 0 Å². The van der Waals surface area contributed by atoms with Crippen molar-refractivity contribution in [3.8, 4) is 0 Å². The lowest BCUT2D eigenvalue weighted by Crippen LogP contribution is -2.39. The maximum atomic E-state index is 13.7. The van der Waals surface area contributed by atoms with Crippen LogP contribution in [0.3, 0.4) is 0 Å². The number of amides is 1. The summed E-state index contributed by atoms with van der Waals surface area (Å²) in [4.78, 5) is 13.3. The lowest BCUT2D eigenvalue weighted by Gasteiger charge is -2.33. The summed E-state index contributed by atoms with van der Waals surface area (Å²) in [5.74, 6) is -0.681. The third-order valence-corrected chi connectivity index (χ3v) is 7.63. The van der Waals surface area contributed by atoms with Gasteiger partial charge in [-0.1, -0.05) is 59.6 Å². The Balaban J connectivity index is 2.00. The first-order valence-corrected chi connectivity index (χ1v) is 12.1. The second kappa shape index (κ2) is 8.45. The van der Waals surface area contributed by atoms with Crippen molar-refractivity contribution in [1.82, 2.24) is 0 Å². The number of carbonyl (C=O) groups is 1. The molecule has 0 fully saturated rings. The molecule has 1 aliphatic heterocycles. The van der Waals surface area contributed by atoms with Crippen LogP contribution in [0.1, 0.15) is 29.2 Å². The van der Waals surface area contributed by atoms with Crippen molar-refractivity contribution in [2.24, 2.45) is 0 Å². The predicted molar refractivity (Wildman–Crippen MR) is 130 cm³/mol. The van der Waals surface area contributed by atoms with Gasteiger partial charge >= 0.3 is 0 Å². The van der Waals surface area contributed by atoms with E-state index in [4.69, 9.17) is 11.6 Å². The van der Waals surface area contributed by atoms with Crippen molar-refractivity contribution >= 4 is 44.5 Å². The molecule has 1 heterocycles. The molecule has 4 rings (SSSR count). The summed E-state index contributed by atoms with van der Waals surface area (Å²) >= 11 is 6.29. The van der Waals surface area contributed by atoms with E-state index in [0.29, 0.717) is 33.1 Å². The number of rotatable bonds is 4. The minimum Gasteiger partial charge on any atom is -0.321 e. The number of fused-ring (bicyclic) bond motifs is 1. The van der Waals surface area contributed by atoms with Gasteiger partial charge in [-0.25, -0.2) is 8.42 Å². The van der Waals surface area contributed by atoms with Gasteiger partial charge in [0.25, 0.3) is 15.9 Å². The van der Waals surface area contributed by atoms with Gasteiger partial charge in [0, 0.05) is 28.4 Å². The third-order valence-electron chi connectivity index (χ3n) is 5.46. The van der Waals surface area contributed by atoms with Crippen LogP contribution in [0.15, 0.2) is 71.6 Å². The fourth-order valence-electron chi connectivity index (χ4n) is 4.01. The number of nitrogens with zero attached hydrogens (tertiary/aromatic N) is 1. The highest BCUT2D eigenvalue weighted by Crippen LogP contribution is 2.44. The Hall–Kier alpha value is -3.09. The summed E-state index contributed by atoms with van der Waals surface area (Å²) in [7, 11) is -4.12. The molecule has 0 atom stereocenters. The zero-order valence-electron chi connectivity index (χ0n) is 18.0. The zero-order chi connectivity index (χ0) is 23.0. The van der Waals surface area contributed by atoms with Gasteiger partial charge in [0.2, 0.25) is 0 Å². The molecule has 0 aliphatic carbocycles. The lowest BCUT2D eigenvalue weighted by molar-refractivity contribution is -0.112. The molecule has 164 valence electrons. The summed E-state index contributed by atoms with van der Waals surface area (Å²) in [6.45, 7) is 5.75. The van der Waals surface area contributed by atoms with Crippen LogP contribution in [0.25, 0.3) is 5.57 Å². The Morgan fingerprint density at radius 1 is 1.00 bits per heavy atom. The molecule has 0 bridgehead atoms. The fraction of sp³-hybridized carbons (Fsp3) is 0.160. The smallest absolute Gasteiger partial charge is 0.270 e. The van der Waals surface area contributed by atoms with E-state index in [-0.39, 0.29) is 11.4 Å². The van der Waals surface area contributed by atoms with E-state index in [1.165, 1.54) is 4.31 Å². The van der Waals surface area contributed by atoms with Crippen molar-refractivity contribution in [1.29, 1.82) is 0 Å². The monoisotopic (exact) mass is 466 g/mol. The van der Waals surface area contributed by atoms with E-state index in [1.54, 1.807) is 43.3 Å². The number of nitrogens with one attached hydrogen (secondary N) is 1. The summed E-state index contributed by atoms with van der Waals surface area (Å²) < 4.78 is 28.7. The normalized spacial score (nSPS) is 14.8. The highest BCUT2D eigenvalue weighted by atomic mass is 35.5. The van der Waals surface area contributed by atoms with Crippen molar-refractivity contribution in [3.05, 3.63) is 98.9 Å². The molecule has 0 unspecified atom stereocenters. The van der Waals surface area contributed by atoms with Gasteiger partial charge in [-0.2, -0.15) is 0 Å². The molecule has 3 aromatic rings. The topological polar surface area (TPSA) is 66.5 Å². The fourth-order valence-corrected chi connectivity index (χ4v) is 5.93. The van der Waals surface area contributed by atoms with E-state index in [2.05, 4.69) is 5.32 Å². The Kier molecular flexibility index (Phi) is 5.84. The van der Waals surface area contributed by atoms with Crippen molar-refractivity contribution in [2.75, 3.05) is 16.2 Å². The zero-order valence-corrected chi connectivity index (χ0v) is 19.6. The molecule has 3 aromatic carbocycles. The number of halogens is 1. The Labute approximate surface area is 193 Å². The molecule has 1 aliphatic rings. The maximum Gasteiger partial charge on any atom is 0.270 e. The first-order chi connectivity index (χ1) is 15.2. The molecule has 0 aromatic heterocycles. The molecule has 32 heavy (non-hydrogen) atoms. The Morgan fingerprint density at radius 2 is 1.72 bits per heavy atom. The van der Waals surface area contributed by atoms with Crippen LogP contribution in [0.2, 0.25) is 5.02 Å². The molecule has 1 N–H and O–H groups in total. The molecule has 0 spiro atoms. The summed E-state index contributed by atoms with van der Waals surface area (Å²) in [6, 6.07) is 19.7. The van der Waals surface area contributed by atoms with Crippen molar-refractivity contribution in [3.63, 3.8) is 0 Å². The van der Waals surface area contributed by atoms with Crippen LogP contribution in [0.4, 0.5) is 11.4 Å². The molecule has 7 heteroatoms. The largest absolute Gasteiger partial charge is 0.321 e. The Bertz CT molecular complexity index is 1350. The van der Waals surface area contributed by atoms with E-state index in [9.17, 15) is 13.2 Å². The van der Waals surface area contributed by atoms with E-state index in [0.717, 1.165) is 11.1 Å². The number of sulfonamides is 1. The van der Waals surface area contributed by atoms with Gasteiger partial charge in [-0.05, 0) is 56.2 Å². The van der Waals surface area contributed by atoms with Crippen molar-refractivity contribution in [2.45, 2.75) is 20.8 Å². The van der Waals surface area contributed by atoms with Crippen LogP contribution in [0, 0.1) is 13.8 Å². The average molecular weight is 467 g/mol. The van der Waals surface area contributed by atoms with Crippen LogP contribution < -0.4 is 9.62 Å². The third kappa shape index (κ3) is 3.80. The lowest BCUT2D eigenvalue weighted by atomic mass is 9.95. The summed E-state index contributed by atoms with van der Waals surface area (Å²) in [5.41, 5.74) is 4.54. The molecule has 0 radical (unpaired) electrons. The van der Waals surface area contributed by atoms with Crippen LogP contribution in [-0.2, 0) is 14.8 Å². The quantitative estimate of drug-likeness (QED) is 0.550. The van der Waals surface area contributed by atoms with Crippen LogP contribution in [0.5, 0.6) is 0 Å². The second-order valence-corrected chi connectivity index (χ2v) is 9.91. The van der Waals surface area contributed by atoms with Gasteiger partial charge in [0.15, 0.2) is 4.91 Å². The molecular weight excluding hydrogens is 444 g/mol. The molecule has 5 nitrogen and oxygen atoms in total. The van der Waals surface area contributed by atoms with Crippen LogP contribution in [-0.4, -0.2) is 20.9 Å². The number of anilines is 2. The number of benzene rings is 3. The first-order valence-electron chi connectivity index (χ1n) is 10.2. The van der Waals surface area contributed by atoms with Gasteiger partial charge in [0.05, 0.1) is 5.69 Å². The van der Waals surface area contributed by atoms with Gasteiger partial charge < -0.3 is 5.32 Å². The minimum absolute atomic E-state index is 0.180. The molecule has 0 saturated heterocycles. The number of aryl methyl sites for hydroxylation is 2. The molecule has 0 saturated carbocycles. The van der Waals surface area contributed by atoms with E-state index < -0.39 is 15.9 Å². The number of hydrogen-bond acceptors (Lipinski definition) is 3. The maximum absolute atomic E-state index is 13.7. The van der Waals surface area contributed by atoms with Gasteiger partial charge in [-0.15, -0.1) is 0 Å². The first kappa shape index (κ1) is 22.1. The predicted octanol–water partition coefficient (Wildman–Crippen LogP) is 5.52. The average Bonchev–Trinajstić information content (AvgIpc) is 2.75.